The molecule has 3 aromatic carbocycles. The summed E-state index contributed by atoms with van der Waals surface area (Å²) < 4.78 is 5.88. The Morgan fingerprint density at radius 2 is 1.59 bits per heavy atom. The first-order valence-electron chi connectivity index (χ1n) is 10.9. The number of nitrogens with one attached hydrogen (secondary N) is 1. The molecule has 0 aromatic heterocycles. The molecule has 172 valence electrons. The van der Waals surface area contributed by atoms with Crippen LogP contribution >= 0.6 is 0 Å². The first-order valence-corrected chi connectivity index (χ1v) is 10.9. The van der Waals surface area contributed by atoms with Gasteiger partial charge in [0, 0.05) is 12.0 Å². The smallest absolute Gasteiger partial charge is 0.351 e. The van der Waals surface area contributed by atoms with Crippen LogP contribution in [0.2, 0.25) is 0 Å². The number of rotatable bonds is 8. The minimum atomic E-state index is -1.17. The van der Waals surface area contributed by atoms with Crippen molar-refractivity contribution in [3.63, 3.8) is 0 Å². The van der Waals surface area contributed by atoms with Crippen molar-refractivity contribution >= 4 is 23.3 Å². The number of carbonyl (C=O) groups is 2. The maximum absolute atomic E-state index is 13.3. The molecule has 2 N–H and O–H groups in total. The maximum atomic E-state index is 13.3. The van der Waals surface area contributed by atoms with Gasteiger partial charge < -0.3 is 15.2 Å². The molecule has 1 aliphatic heterocycles. The first-order chi connectivity index (χ1) is 16.5. The standard InChI is InChI=1S/C27H25N3O4/c1-19(27(32)33)29-30-18-28-25(24(26(30)31)16-20-8-4-2-5-9-20)22-12-14-23(15-13-22)34-17-21-10-6-3-7-11-21/h2-15,28H,16-18H2,1H3,(H,32,33)/b29-19+. The number of carbonyl (C=O) groups excluding carboxylic acids is 1. The number of carboxylic acids is 1. The van der Waals surface area contributed by atoms with E-state index in [1.165, 1.54) is 6.92 Å². The van der Waals surface area contributed by atoms with Crippen LogP contribution in [-0.2, 0) is 22.6 Å². The van der Waals surface area contributed by atoms with E-state index in [0.717, 1.165) is 27.4 Å². The van der Waals surface area contributed by atoms with Crippen molar-refractivity contribution in [3.8, 4) is 5.75 Å². The number of aliphatic carboxylic acids is 1. The van der Waals surface area contributed by atoms with Crippen LogP contribution in [0.25, 0.3) is 5.70 Å². The van der Waals surface area contributed by atoms with Crippen molar-refractivity contribution in [1.82, 2.24) is 10.3 Å². The van der Waals surface area contributed by atoms with Crippen LogP contribution < -0.4 is 10.1 Å². The lowest BCUT2D eigenvalue weighted by atomic mass is 9.97. The number of hydrazone groups is 1. The highest BCUT2D eigenvalue weighted by Crippen LogP contribution is 2.26. The molecule has 3 aromatic rings. The molecule has 7 heteroatoms. The summed E-state index contributed by atoms with van der Waals surface area (Å²) in [5.74, 6) is -0.774. The van der Waals surface area contributed by atoms with E-state index in [1.807, 2.05) is 84.9 Å². The van der Waals surface area contributed by atoms with Gasteiger partial charge in [0.2, 0.25) is 0 Å². The fourth-order valence-corrected chi connectivity index (χ4v) is 3.60. The minimum absolute atomic E-state index is 0.0728. The summed E-state index contributed by atoms with van der Waals surface area (Å²) in [6.45, 7) is 1.90. The molecule has 1 amide bonds. The van der Waals surface area contributed by atoms with Gasteiger partial charge in [0.15, 0.2) is 0 Å². The van der Waals surface area contributed by atoms with Crippen molar-refractivity contribution in [1.29, 1.82) is 0 Å². The lowest BCUT2D eigenvalue weighted by Crippen LogP contribution is -2.42. The molecule has 0 saturated heterocycles. The highest BCUT2D eigenvalue weighted by Gasteiger charge is 2.28. The van der Waals surface area contributed by atoms with Crippen LogP contribution in [0.4, 0.5) is 0 Å². The molecule has 1 aliphatic rings. The number of amides is 1. The van der Waals surface area contributed by atoms with E-state index in [4.69, 9.17) is 9.84 Å². The molecule has 0 aliphatic carbocycles. The third-order valence-electron chi connectivity index (χ3n) is 5.40. The molecule has 4 rings (SSSR count). The average molecular weight is 456 g/mol. The Balaban J connectivity index is 1.60. The molecule has 0 fully saturated rings. The first kappa shape index (κ1) is 22.8. The van der Waals surface area contributed by atoms with Gasteiger partial charge >= 0.3 is 5.97 Å². The van der Waals surface area contributed by atoms with Crippen LogP contribution in [0.1, 0.15) is 23.6 Å². The number of nitrogens with zero attached hydrogens (tertiary/aromatic N) is 2. The van der Waals surface area contributed by atoms with Crippen molar-refractivity contribution in [2.75, 3.05) is 6.67 Å². The van der Waals surface area contributed by atoms with Gasteiger partial charge in [-0.15, -0.1) is 0 Å². The quantitative estimate of drug-likeness (QED) is 0.500. The predicted molar refractivity (Wildman–Crippen MR) is 130 cm³/mol. The summed E-state index contributed by atoms with van der Waals surface area (Å²) in [4.78, 5) is 24.5. The van der Waals surface area contributed by atoms with Crippen LogP contribution in [0.15, 0.2) is 95.6 Å². The summed E-state index contributed by atoms with van der Waals surface area (Å²) in [5.41, 5.74) is 3.94. The zero-order valence-electron chi connectivity index (χ0n) is 18.8. The van der Waals surface area contributed by atoms with Gasteiger partial charge in [0.25, 0.3) is 5.91 Å². The Morgan fingerprint density at radius 3 is 2.21 bits per heavy atom. The Bertz CT molecular complexity index is 1220. The second-order valence-corrected chi connectivity index (χ2v) is 7.84. The average Bonchev–Trinajstić information content (AvgIpc) is 2.87. The summed E-state index contributed by atoms with van der Waals surface area (Å²) in [7, 11) is 0. The van der Waals surface area contributed by atoms with Gasteiger partial charge in [-0.3, -0.25) is 4.79 Å². The Morgan fingerprint density at radius 1 is 0.971 bits per heavy atom. The van der Waals surface area contributed by atoms with Crippen LogP contribution in [0.3, 0.4) is 0 Å². The van der Waals surface area contributed by atoms with Crippen LogP contribution in [-0.4, -0.2) is 34.4 Å². The number of benzene rings is 3. The molecule has 0 atom stereocenters. The third-order valence-corrected chi connectivity index (χ3v) is 5.40. The summed E-state index contributed by atoms with van der Waals surface area (Å²) in [6, 6.07) is 27.1. The van der Waals surface area contributed by atoms with Crippen molar-refractivity contribution in [2.24, 2.45) is 5.10 Å². The molecule has 0 radical (unpaired) electrons. The number of ether oxygens (including phenoxy) is 1. The largest absolute Gasteiger partial charge is 0.489 e. The number of hydrogen-bond donors (Lipinski definition) is 2. The lowest BCUT2D eigenvalue weighted by Gasteiger charge is -2.29. The highest BCUT2D eigenvalue weighted by molar-refractivity contribution is 6.34. The molecule has 0 saturated carbocycles. The molecule has 0 unspecified atom stereocenters. The fraction of sp³-hybridized carbons (Fsp3) is 0.148. The lowest BCUT2D eigenvalue weighted by molar-refractivity contribution is -0.129. The topological polar surface area (TPSA) is 91.2 Å². The van der Waals surface area contributed by atoms with E-state index in [2.05, 4.69) is 10.4 Å². The van der Waals surface area contributed by atoms with Crippen LogP contribution in [0.5, 0.6) is 5.75 Å². The molecule has 7 nitrogen and oxygen atoms in total. The number of carboxylic acid groups (broad SMARTS) is 1. The summed E-state index contributed by atoms with van der Waals surface area (Å²) in [6.07, 6.45) is 0.381. The molecular formula is C27H25N3O4. The fourth-order valence-electron chi connectivity index (χ4n) is 3.60. The van der Waals surface area contributed by atoms with E-state index in [9.17, 15) is 9.59 Å². The van der Waals surface area contributed by atoms with Crippen molar-refractivity contribution in [3.05, 3.63) is 107 Å². The zero-order valence-corrected chi connectivity index (χ0v) is 18.8. The van der Waals surface area contributed by atoms with Crippen molar-refractivity contribution < 1.29 is 19.4 Å². The van der Waals surface area contributed by atoms with E-state index in [-0.39, 0.29) is 18.3 Å². The SMILES string of the molecule is C/C(=N\N1CNC(c2ccc(OCc3ccccc3)cc2)=C(Cc2ccccc2)C1=O)C(=O)O. The Hall–Kier alpha value is -4.39. The summed E-state index contributed by atoms with van der Waals surface area (Å²) >= 11 is 0. The third kappa shape index (κ3) is 5.50. The molecule has 0 bridgehead atoms. The monoisotopic (exact) mass is 455 g/mol. The van der Waals surface area contributed by atoms with E-state index < -0.39 is 5.97 Å². The van der Waals surface area contributed by atoms with Crippen molar-refractivity contribution in [2.45, 2.75) is 20.0 Å². The highest BCUT2D eigenvalue weighted by atomic mass is 16.5. The maximum Gasteiger partial charge on any atom is 0.351 e. The van der Waals surface area contributed by atoms with E-state index in [0.29, 0.717) is 24.3 Å². The van der Waals surface area contributed by atoms with Gasteiger partial charge in [-0.1, -0.05) is 60.7 Å². The summed E-state index contributed by atoms with van der Waals surface area (Å²) in [5, 5.41) is 17.6. The Labute approximate surface area is 198 Å². The van der Waals surface area contributed by atoms with Gasteiger partial charge in [-0.2, -0.15) is 5.10 Å². The second kappa shape index (κ2) is 10.5. The molecular weight excluding hydrogens is 430 g/mol. The predicted octanol–water partition coefficient (Wildman–Crippen LogP) is 4.07. The molecule has 0 spiro atoms. The molecule has 34 heavy (non-hydrogen) atoms. The van der Waals surface area contributed by atoms with Gasteiger partial charge in [-0.25, -0.2) is 9.80 Å². The zero-order chi connectivity index (χ0) is 23.9. The van der Waals surface area contributed by atoms with E-state index >= 15 is 0 Å². The number of hydrogen-bond acceptors (Lipinski definition) is 5. The van der Waals surface area contributed by atoms with Crippen LogP contribution in [0, 0.1) is 0 Å². The second-order valence-electron chi connectivity index (χ2n) is 7.84. The van der Waals surface area contributed by atoms with Gasteiger partial charge in [-0.05, 0) is 47.9 Å². The van der Waals surface area contributed by atoms with E-state index in [1.54, 1.807) is 0 Å². The Kier molecular flexibility index (Phi) is 7.03. The van der Waals surface area contributed by atoms with Gasteiger partial charge in [0.05, 0.1) is 5.70 Å². The normalized spacial score (nSPS) is 14.1. The van der Waals surface area contributed by atoms with Gasteiger partial charge in [0.1, 0.15) is 24.7 Å². The minimum Gasteiger partial charge on any atom is -0.489 e. The molecule has 1 heterocycles.